The van der Waals surface area contributed by atoms with E-state index >= 15 is 0 Å². The van der Waals surface area contributed by atoms with Crippen molar-refractivity contribution in [3.63, 3.8) is 0 Å². The number of allylic oxidation sites excluding steroid dienone is 1. The lowest BCUT2D eigenvalue weighted by molar-refractivity contribution is -0.875. The summed E-state index contributed by atoms with van der Waals surface area (Å²) in [6, 6.07) is 0. The van der Waals surface area contributed by atoms with Gasteiger partial charge in [-0.3, -0.25) is 0 Å². The van der Waals surface area contributed by atoms with E-state index in [9.17, 15) is 0 Å². The number of imidazole rings is 1. The lowest BCUT2D eigenvalue weighted by atomic mass is 10.4. The van der Waals surface area contributed by atoms with E-state index in [0.717, 1.165) is 5.57 Å². The monoisotopic (exact) mass is 139 g/mol. The van der Waals surface area contributed by atoms with Crippen molar-refractivity contribution in [1.29, 1.82) is 0 Å². The molecule has 0 aromatic carbocycles. The number of aromatic nitrogens is 2. The molecule has 1 aromatic heterocycles. The van der Waals surface area contributed by atoms with Gasteiger partial charge in [0.15, 0.2) is 6.20 Å². The third-order valence-corrected chi connectivity index (χ3v) is 0.930. The first-order valence-corrected chi connectivity index (χ1v) is 3.13. The number of rotatable bonds is 2. The van der Waals surface area contributed by atoms with Crippen molar-refractivity contribution in [1.82, 2.24) is 4.98 Å². The van der Waals surface area contributed by atoms with Crippen molar-refractivity contribution >= 4 is 0 Å². The number of hydrogen-bond acceptors (Lipinski definition) is 1. The molecule has 10 heavy (non-hydrogen) atoms. The van der Waals surface area contributed by atoms with E-state index < -0.39 is 0 Å². The zero-order chi connectivity index (χ0) is 7.40. The lowest BCUT2D eigenvalue weighted by Crippen LogP contribution is -2.36. The highest BCUT2D eigenvalue weighted by atomic mass is 16.6. The Balaban J connectivity index is 2.49. The highest BCUT2D eigenvalue weighted by Crippen LogP contribution is 1.83. The van der Waals surface area contributed by atoms with Crippen LogP contribution in [0.2, 0.25) is 0 Å². The van der Waals surface area contributed by atoms with Gasteiger partial charge in [-0.15, -0.1) is 0 Å². The Morgan fingerprint density at radius 2 is 2.40 bits per heavy atom. The molecular weight excluding hydrogens is 128 g/mol. The maximum absolute atomic E-state index is 5.13. The fourth-order valence-electron chi connectivity index (χ4n) is 0.508. The molecule has 0 amide bonds. The zero-order valence-corrected chi connectivity index (χ0v) is 6.16. The molecule has 0 aliphatic rings. The third kappa shape index (κ3) is 1.93. The van der Waals surface area contributed by atoms with Gasteiger partial charge in [-0.05, 0) is 24.2 Å². The van der Waals surface area contributed by atoms with Crippen LogP contribution in [0, 0.1) is 0 Å². The molecule has 1 rings (SSSR count). The molecule has 0 spiro atoms. The summed E-state index contributed by atoms with van der Waals surface area (Å²) in [6.07, 6.45) is 6.99. The number of H-pyrrole nitrogens is 1. The summed E-state index contributed by atoms with van der Waals surface area (Å²) in [7, 11) is 0. The van der Waals surface area contributed by atoms with Crippen molar-refractivity contribution in [2.75, 3.05) is 0 Å². The molecule has 0 unspecified atom stereocenters. The third-order valence-electron chi connectivity index (χ3n) is 0.930. The number of nitrogens with one attached hydrogen (secondary N) is 1. The number of aromatic amines is 1. The largest absolute Gasteiger partial charge is 0.305 e. The summed E-state index contributed by atoms with van der Waals surface area (Å²) >= 11 is 0. The first-order valence-electron chi connectivity index (χ1n) is 3.13. The summed E-state index contributed by atoms with van der Waals surface area (Å²) in [6.45, 7) is 3.96. The predicted molar refractivity (Wildman–Crippen MR) is 37.0 cm³/mol. The van der Waals surface area contributed by atoms with Crippen LogP contribution >= 0.6 is 0 Å². The van der Waals surface area contributed by atoms with Gasteiger partial charge in [-0.2, -0.15) is 0 Å². The molecule has 0 fully saturated rings. The molecule has 1 heterocycles. The molecule has 0 aliphatic heterocycles. The standard InChI is InChI=1S/C7H10N2O/c1-7(2)5-10-9-4-3-8-6-9/h3-6H,1-2H3/p+1. The molecule has 3 heteroatoms. The van der Waals surface area contributed by atoms with E-state index in [1.807, 2.05) is 13.8 Å². The van der Waals surface area contributed by atoms with E-state index in [1.54, 1.807) is 29.7 Å². The van der Waals surface area contributed by atoms with Crippen LogP contribution in [-0.4, -0.2) is 4.98 Å². The van der Waals surface area contributed by atoms with Gasteiger partial charge in [0.05, 0.1) is 0 Å². The van der Waals surface area contributed by atoms with Crippen molar-refractivity contribution in [2.45, 2.75) is 13.8 Å². The van der Waals surface area contributed by atoms with Crippen LogP contribution in [0.15, 0.2) is 30.6 Å². The second-order valence-electron chi connectivity index (χ2n) is 2.27. The number of hydrogen-bond donors (Lipinski definition) is 1. The van der Waals surface area contributed by atoms with Crippen LogP contribution in [0.3, 0.4) is 0 Å². The highest BCUT2D eigenvalue weighted by molar-refractivity contribution is 4.85. The van der Waals surface area contributed by atoms with Gasteiger partial charge < -0.3 is 4.84 Å². The van der Waals surface area contributed by atoms with Crippen LogP contribution in [-0.2, 0) is 0 Å². The smallest absolute Gasteiger partial charge is 0.282 e. The minimum absolute atomic E-state index is 1.13. The number of nitrogens with zero attached hydrogens (tertiary/aromatic N) is 1. The minimum Gasteiger partial charge on any atom is -0.305 e. The zero-order valence-electron chi connectivity index (χ0n) is 6.16. The summed E-state index contributed by atoms with van der Waals surface area (Å²) < 4.78 is 1.59. The van der Waals surface area contributed by atoms with Crippen molar-refractivity contribution in [3.8, 4) is 0 Å². The van der Waals surface area contributed by atoms with Crippen LogP contribution in [0.25, 0.3) is 0 Å². The summed E-state index contributed by atoms with van der Waals surface area (Å²) in [5.41, 5.74) is 1.13. The summed E-state index contributed by atoms with van der Waals surface area (Å²) in [5.74, 6) is 0. The van der Waals surface area contributed by atoms with Crippen LogP contribution in [0.5, 0.6) is 0 Å². The van der Waals surface area contributed by atoms with E-state index in [1.165, 1.54) is 0 Å². The Morgan fingerprint density at radius 3 is 2.90 bits per heavy atom. The summed E-state index contributed by atoms with van der Waals surface area (Å²) in [4.78, 5) is 7.99. The van der Waals surface area contributed by atoms with Crippen molar-refractivity contribution < 1.29 is 9.57 Å². The summed E-state index contributed by atoms with van der Waals surface area (Å²) in [5, 5.41) is 0. The van der Waals surface area contributed by atoms with Crippen molar-refractivity contribution in [2.24, 2.45) is 0 Å². The Labute approximate surface area is 59.9 Å². The predicted octanol–water partition coefficient (Wildman–Crippen LogP) is 0.655. The van der Waals surface area contributed by atoms with Gasteiger partial charge in [0, 0.05) is 0 Å². The Kier molecular flexibility index (Phi) is 2.10. The van der Waals surface area contributed by atoms with Crippen molar-refractivity contribution in [3.05, 3.63) is 30.6 Å². The fourth-order valence-corrected chi connectivity index (χ4v) is 0.508. The highest BCUT2D eigenvalue weighted by Gasteiger charge is 1.91. The van der Waals surface area contributed by atoms with Gasteiger partial charge in [0.2, 0.25) is 0 Å². The Bertz CT molecular complexity index is 210. The maximum Gasteiger partial charge on any atom is 0.282 e. The average Bonchev–Trinajstić information content (AvgIpc) is 2.34. The molecule has 0 saturated carbocycles. The van der Waals surface area contributed by atoms with E-state index in [-0.39, 0.29) is 0 Å². The van der Waals surface area contributed by atoms with Gasteiger partial charge in [-0.25, -0.2) is 4.98 Å². The first-order chi connectivity index (χ1) is 4.79. The topological polar surface area (TPSA) is 28.9 Å². The molecule has 0 bridgehead atoms. The van der Waals surface area contributed by atoms with Gasteiger partial charge in [0.25, 0.3) is 6.33 Å². The van der Waals surface area contributed by atoms with Gasteiger partial charge >= 0.3 is 0 Å². The maximum atomic E-state index is 5.13. The molecule has 1 N–H and O–H groups in total. The van der Waals surface area contributed by atoms with Crippen LogP contribution in [0.4, 0.5) is 0 Å². The van der Waals surface area contributed by atoms with Crippen LogP contribution < -0.4 is 9.57 Å². The fraction of sp³-hybridized carbons (Fsp3) is 0.286. The molecule has 0 saturated heterocycles. The first kappa shape index (κ1) is 6.86. The molecule has 54 valence electrons. The molecule has 0 aliphatic carbocycles. The second kappa shape index (κ2) is 3.06. The van der Waals surface area contributed by atoms with E-state index in [0.29, 0.717) is 0 Å². The minimum atomic E-state index is 1.13. The average molecular weight is 139 g/mol. The van der Waals surface area contributed by atoms with E-state index in [2.05, 4.69) is 4.98 Å². The lowest BCUT2D eigenvalue weighted by Gasteiger charge is -1.90. The molecule has 1 aromatic rings. The van der Waals surface area contributed by atoms with Crippen LogP contribution in [0.1, 0.15) is 13.8 Å². The Morgan fingerprint density at radius 1 is 1.60 bits per heavy atom. The molecule has 3 nitrogen and oxygen atoms in total. The van der Waals surface area contributed by atoms with Gasteiger partial charge in [-0.1, -0.05) is 0 Å². The molecular formula is C7H11N2O+. The van der Waals surface area contributed by atoms with E-state index in [4.69, 9.17) is 4.84 Å². The Hall–Kier alpha value is -1.25. The SMILES string of the molecule is CC(C)=CO[n+]1cc[nH]c1. The van der Waals surface area contributed by atoms with Gasteiger partial charge in [0.1, 0.15) is 12.5 Å². The quantitative estimate of drug-likeness (QED) is 0.473. The second-order valence-corrected chi connectivity index (χ2v) is 2.27. The molecule has 0 atom stereocenters. The molecule has 0 radical (unpaired) electrons. The normalized spacial score (nSPS) is 9.00.